The molecular weight excluding hydrogens is 262 g/mol. The van der Waals surface area contributed by atoms with Gasteiger partial charge in [-0.15, -0.1) is 0 Å². The molecule has 2 aromatic rings. The van der Waals surface area contributed by atoms with E-state index in [9.17, 15) is 9.59 Å². The first-order valence-corrected chi connectivity index (χ1v) is 7.13. The van der Waals surface area contributed by atoms with E-state index in [2.05, 4.69) is 17.4 Å². The molecule has 0 spiro atoms. The van der Waals surface area contributed by atoms with Gasteiger partial charge in [-0.25, -0.2) is 0 Å². The zero-order valence-electron chi connectivity index (χ0n) is 11.9. The third kappa shape index (κ3) is 2.72. The van der Waals surface area contributed by atoms with Crippen LogP contribution in [0.1, 0.15) is 38.8 Å². The molecule has 0 heterocycles. The van der Waals surface area contributed by atoms with Crippen molar-refractivity contribution in [2.75, 3.05) is 0 Å². The molecule has 0 aliphatic heterocycles. The first-order valence-electron chi connectivity index (χ1n) is 7.13. The number of carbonyl (C=O) groups excluding carboxylic acids is 2. The summed E-state index contributed by atoms with van der Waals surface area (Å²) in [6.45, 7) is 1.48. The van der Waals surface area contributed by atoms with Crippen molar-refractivity contribution in [2.45, 2.75) is 25.8 Å². The molecule has 0 unspecified atom stereocenters. The van der Waals surface area contributed by atoms with Crippen molar-refractivity contribution < 1.29 is 9.59 Å². The molecule has 0 aromatic heterocycles. The fourth-order valence-corrected chi connectivity index (χ4v) is 2.91. The summed E-state index contributed by atoms with van der Waals surface area (Å²) >= 11 is 0. The van der Waals surface area contributed by atoms with E-state index >= 15 is 0 Å². The molecule has 0 atom stereocenters. The predicted octanol–water partition coefficient (Wildman–Crippen LogP) is 2.79. The Morgan fingerprint density at radius 2 is 1.43 bits per heavy atom. The van der Waals surface area contributed by atoms with Crippen molar-refractivity contribution >= 4 is 11.7 Å². The maximum absolute atomic E-state index is 12.4. The summed E-state index contributed by atoms with van der Waals surface area (Å²) < 4.78 is 0. The average molecular weight is 279 g/mol. The van der Waals surface area contributed by atoms with E-state index in [1.807, 2.05) is 12.1 Å². The van der Waals surface area contributed by atoms with Gasteiger partial charge < -0.3 is 5.32 Å². The van der Waals surface area contributed by atoms with Crippen LogP contribution >= 0.6 is 0 Å². The number of amides is 1. The fraction of sp³-hybridized carbons (Fsp3) is 0.222. The highest BCUT2D eigenvalue weighted by atomic mass is 16.2. The van der Waals surface area contributed by atoms with Crippen LogP contribution in [0.2, 0.25) is 0 Å². The largest absolute Gasteiger partial charge is 0.349 e. The van der Waals surface area contributed by atoms with Crippen molar-refractivity contribution in [1.82, 2.24) is 5.32 Å². The van der Waals surface area contributed by atoms with Crippen LogP contribution in [0.4, 0.5) is 0 Å². The van der Waals surface area contributed by atoms with Gasteiger partial charge in [0.15, 0.2) is 5.78 Å². The number of Topliss-reactive ketones (excluding diaryl/α,β-unsaturated/α-hetero) is 1. The molecule has 0 radical (unpaired) electrons. The number of hydrogen-bond acceptors (Lipinski definition) is 2. The van der Waals surface area contributed by atoms with Crippen LogP contribution in [0.15, 0.2) is 48.5 Å². The third-order valence-corrected chi connectivity index (χ3v) is 3.94. The van der Waals surface area contributed by atoms with E-state index in [1.165, 1.54) is 18.1 Å². The van der Waals surface area contributed by atoms with Crippen molar-refractivity contribution in [1.29, 1.82) is 0 Å². The number of carbonyl (C=O) groups is 2. The van der Waals surface area contributed by atoms with E-state index in [-0.39, 0.29) is 17.7 Å². The van der Waals surface area contributed by atoms with Crippen molar-refractivity contribution in [3.8, 4) is 0 Å². The molecule has 21 heavy (non-hydrogen) atoms. The molecule has 2 aromatic carbocycles. The summed E-state index contributed by atoms with van der Waals surface area (Å²) in [6.07, 6.45) is 1.70. The molecule has 1 amide bonds. The Kier molecular flexibility index (Phi) is 3.57. The number of nitrogens with one attached hydrogen (secondary N) is 1. The summed E-state index contributed by atoms with van der Waals surface area (Å²) in [5.41, 5.74) is 3.52. The lowest BCUT2D eigenvalue weighted by Gasteiger charge is -2.13. The van der Waals surface area contributed by atoms with Gasteiger partial charge in [0.25, 0.3) is 5.91 Å². The van der Waals surface area contributed by atoms with Crippen molar-refractivity contribution in [2.24, 2.45) is 0 Å². The third-order valence-electron chi connectivity index (χ3n) is 3.94. The van der Waals surface area contributed by atoms with Crippen molar-refractivity contribution in [3.63, 3.8) is 0 Å². The average Bonchev–Trinajstić information content (AvgIpc) is 2.89. The summed E-state index contributed by atoms with van der Waals surface area (Å²) in [5.74, 6) is -0.255. The van der Waals surface area contributed by atoms with E-state index in [0.29, 0.717) is 11.1 Å². The number of benzene rings is 2. The molecule has 3 heteroatoms. The SMILES string of the molecule is CC(=O)c1ccccc1C(=O)NC1Cc2ccccc2C1. The van der Waals surface area contributed by atoms with Gasteiger partial charge in [-0.1, -0.05) is 42.5 Å². The number of fused-ring (bicyclic) bond motifs is 1. The van der Waals surface area contributed by atoms with Crippen LogP contribution in [0.5, 0.6) is 0 Å². The lowest BCUT2D eigenvalue weighted by molar-refractivity contribution is 0.0925. The maximum Gasteiger partial charge on any atom is 0.252 e. The Morgan fingerprint density at radius 1 is 0.905 bits per heavy atom. The molecule has 0 bridgehead atoms. The van der Waals surface area contributed by atoms with E-state index < -0.39 is 0 Å². The summed E-state index contributed by atoms with van der Waals surface area (Å²) in [6, 6.07) is 15.3. The lowest BCUT2D eigenvalue weighted by Crippen LogP contribution is -2.36. The van der Waals surface area contributed by atoms with Gasteiger partial charge in [0.05, 0.1) is 5.56 Å². The lowest BCUT2D eigenvalue weighted by atomic mass is 10.0. The fourth-order valence-electron chi connectivity index (χ4n) is 2.91. The van der Waals surface area contributed by atoms with Gasteiger partial charge in [-0.05, 0) is 37.0 Å². The highest BCUT2D eigenvalue weighted by molar-refractivity contribution is 6.07. The van der Waals surface area contributed by atoms with Crippen LogP contribution in [0, 0.1) is 0 Å². The standard InChI is InChI=1S/C18H17NO2/c1-12(20)16-8-4-5-9-17(16)18(21)19-15-10-13-6-2-3-7-14(13)11-15/h2-9,15H,10-11H2,1H3,(H,19,21). The normalized spacial score (nSPS) is 13.8. The monoisotopic (exact) mass is 279 g/mol. The van der Waals surface area contributed by atoms with E-state index in [4.69, 9.17) is 0 Å². The Bertz CT molecular complexity index is 681. The van der Waals surface area contributed by atoms with Gasteiger partial charge in [0.2, 0.25) is 0 Å². The Morgan fingerprint density at radius 3 is 2.00 bits per heavy atom. The molecule has 1 aliphatic rings. The molecule has 1 N–H and O–H groups in total. The van der Waals surface area contributed by atoms with Gasteiger partial charge in [-0.2, -0.15) is 0 Å². The second-order valence-corrected chi connectivity index (χ2v) is 5.45. The number of ketones is 1. The summed E-state index contributed by atoms with van der Waals surface area (Å²) in [5, 5.41) is 3.05. The zero-order chi connectivity index (χ0) is 14.8. The molecule has 0 saturated carbocycles. The van der Waals surface area contributed by atoms with E-state index in [0.717, 1.165) is 12.8 Å². The number of rotatable bonds is 3. The van der Waals surface area contributed by atoms with Gasteiger partial charge in [0.1, 0.15) is 0 Å². The number of hydrogen-bond donors (Lipinski definition) is 1. The summed E-state index contributed by atoms with van der Waals surface area (Å²) in [7, 11) is 0. The summed E-state index contributed by atoms with van der Waals surface area (Å²) in [4.78, 5) is 24.0. The Balaban J connectivity index is 1.76. The van der Waals surface area contributed by atoms with Crippen LogP contribution in [-0.2, 0) is 12.8 Å². The molecule has 0 fully saturated rings. The highest BCUT2D eigenvalue weighted by Crippen LogP contribution is 2.22. The second-order valence-electron chi connectivity index (χ2n) is 5.45. The molecule has 106 valence electrons. The van der Waals surface area contributed by atoms with E-state index in [1.54, 1.807) is 24.3 Å². The van der Waals surface area contributed by atoms with Crippen LogP contribution in [-0.4, -0.2) is 17.7 Å². The molecule has 3 rings (SSSR count). The minimum absolute atomic E-state index is 0.0875. The van der Waals surface area contributed by atoms with Gasteiger partial charge >= 0.3 is 0 Å². The molecular formula is C18H17NO2. The topological polar surface area (TPSA) is 46.2 Å². The van der Waals surface area contributed by atoms with Crippen molar-refractivity contribution in [3.05, 3.63) is 70.8 Å². The predicted molar refractivity (Wildman–Crippen MR) is 81.6 cm³/mol. The minimum atomic E-state index is -0.168. The second kappa shape index (κ2) is 5.52. The van der Waals surface area contributed by atoms with Gasteiger partial charge in [0, 0.05) is 11.6 Å². The Labute approximate surface area is 124 Å². The minimum Gasteiger partial charge on any atom is -0.349 e. The van der Waals surface area contributed by atoms with Crippen LogP contribution in [0.25, 0.3) is 0 Å². The highest BCUT2D eigenvalue weighted by Gasteiger charge is 2.24. The van der Waals surface area contributed by atoms with Crippen LogP contribution in [0.3, 0.4) is 0 Å². The van der Waals surface area contributed by atoms with Gasteiger partial charge in [-0.3, -0.25) is 9.59 Å². The first-order chi connectivity index (χ1) is 10.1. The smallest absolute Gasteiger partial charge is 0.252 e. The molecule has 1 aliphatic carbocycles. The quantitative estimate of drug-likeness (QED) is 0.878. The first kappa shape index (κ1) is 13.6. The molecule has 3 nitrogen and oxygen atoms in total. The molecule has 0 saturated heterocycles. The zero-order valence-corrected chi connectivity index (χ0v) is 11.9. The maximum atomic E-state index is 12.4. The Hall–Kier alpha value is -2.42. The van der Waals surface area contributed by atoms with Crippen LogP contribution < -0.4 is 5.32 Å².